The van der Waals surface area contributed by atoms with Crippen molar-refractivity contribution < 1.29 is 23.5 Å². The maximum atomic E-state index is 14.5. The van der Waals surface area contributed by atoms with Crippen molar-refractivity contribution in [3.63, 3.8) is 0 Å². The number of carboxylic acid groups (broad SMARTS) is 1. The monoisotopic (exact) mass is 302 g/mol. The Hall–Kier alpha value is -2.82. The first-order valence-electron chi connectivity index (χ1n) is 6.39. The van der Waals surface area contributed by atoms with Gasteiger partial charge in [0.25, 0.3) is 0 Å². The summed E-state index contributed by atoms with van der Waals surface area (Å²) in [7, 11) is 0. The van der Waals surface area contributed by atoms with E-state index < -0.39 is 40.9 Å². The molecular formula is C17H12F2O3. The second-order valence-corrected chi connectivity index (χ2v) is 4.66. The highest BCUT2D eigenvalue weighted by Gasteiger charge is 2.22. The molecule has 0 aliphatic carbocycles. The van der Waals surface area contributed by atoms with Gasteiger partial charge < -0.3 is 5.11 Å². The maximum absolute atomic E-state index is 14.5. The van der Waals surface area contributed by atoms with Gasteiger partial charge in [-0.15, -0.1) is 0 Å². The van der Waals surface area contributed by atoms with Crippen LogP contribution < -0.4 is 0 Å². The van der Waals surface area contributed by atoms with Gasteiger partial charge >= 0.3 is 5.97 Å². The summed E-state index contributed by atoms with van der Waals surface area (Å²) in [4.78, 5) is 22.7. The zero-order valence-electron chi connectivity index (χ0n) is 11.5. The topological polar surface area (TPSA) is 54.4 Å². The summed E-state index contributed by atoms with van der Waals surface area (Å²) in [6.07, 6.45) is -0.651. The van der Waals surface area contributed by atoms with Crippen molar-refractivity contribution in [3.8, 4) is 11.1 Å². The molecule has 2 aromatic carbocycles. The van der Waals surface area contributed by atoms with Gasteiger partial charge in [-0.25, -0.2) is 13.6 Å². The van der Waals surface area contributed by atoms with Crippen molar-refractivity contribution in [2.24, 2.45) is 0 Å². The number of Topliss-reactive ketones (excluding diaryl/α,β-unsaturated/α-hetero) is 1. The molecule has 0 saturated heterocycles. The minimum absolute atomic E-state index is 0.0753. The van der Waals surface area contributed by atoms with Gasteiger partial charge in [0.15, 0.2) is 5.78 Å². The molecule has 0 saturated carbocycles. The third-order valence-corrected chi connectivity index (χ3v) is 3.13. The molecule has 2 aromatic rings. The molecule has 0 aliphatic rings. The van der Waals surface area contributed by atoms with E-state index in [1.807, 2.05) is 0 Å². The minimum Gasteiger partial charge on any atom is -0.478 e. The van der Waals surface area contributed by atoms with Gasteiger partial charge in [0.05, 0.1) is 5.56 Å². The lowest BCUT2D eigenvalue weighted by atomic mass is 9.97. The summed E-state index contributed by atoms with van der Waals surface area (Å²) < 4.78 is 28.3. The molecule has 0 fully saturated rings. The van der Waals surface area contributed by atoms with E-state index in [0.29, 0.717) is 5.56 Å². The molecule has 1 N–H and O–H groups in total. The zero-order valence-corrected chi connectivity index (χ0v) is 11.5. The van der Waals surface area contributed by atoms with Crippen LogP contribution in [-0.4, -0.2) is 16.9 Å². The van der Waals surface area contributed by atoms with Crippen molar-refractivity contribution in [3.05, 3.63) is 71.8 Å². The van der Waals surface area contributed by atoms with Crippen LogP contribution in [-0.2, 0) is 4.79 Å². The SMILES string of the molecule is C=C(CC(=O)c1c(F)ccc(-c2ccccc2)c1F)C(=O)O. The number of carbonyl (C=O) groups excluding carboxylic acids is 1. The minimum atomic E-state index is -1.38. The molecule has 2 rings (SSSR count). The highest BCUT2D eigenvalue weighted by molar-refractivity contribution is 6.03. The molecule has 112 valence electrons. The normalized spacial score (nSPS) is 10.3. The highest BCUT2D eigenvalue weighted by atomic mass is 19.1. The van der Waals surface area contributed by atoms with Crippen molar-refractivity contribution in [1.82, 2.24) is 0 Å². The smallest absolute Gasteiger partial charge is 0.331 e. The van der Waals surface area contributed by atoms with E-state index in [0.717, 1.165) is 6.07 Å². The number of rotatable bonds is 5. The lowest BCUT2D eigenvalue weighted by Gasteiger charge is -2.09. The first kappa shape index (κ1) is 15.6. The number of hydrogen-bond donors (Lipinski definition) is 1. The number of ketones is 1. The van der Waals surface area contributed by atoms with E-state index in [1.165, 1.54) is 6.07 Å². The predicted octanol–water partition coefficient (Wildman–Crippen LogP) is 3.85. The van der Waals surface area contributed by atoms with Crippen LogP contribution in [0, 0.1) is 11.6 Å². The first-order valence-corrected chi connectivity index (χ1v) is 6.39. The summed E-state index contributed by atoms with van der Waals surface area (Å²) in [5.41, 5.74) is -0.602. The van der Waals surface area contributed by atoms with Gasteiger partial charge in [-0.2, -0.15) is 0 Å². The number of aliphatic carboxylic acids is 1. The summed E-state index contributed by atoms with van der Waals surface area (Å²) in [6, 6.07) is 10.6. The highest BCUT2D eigenvalue weighted by Crippen LogP contribution is 2.27. The van der Waals surface area contributed by atoms with Crippen LogP contribution in [0.5, 0.6) is 0 Å². The third-order valence-electron chi connectivity index (χ3n) is 3.13. The Morgan fingerprint density at radius 3 is 2.27 bits per heavy atom. The fourth-order valence-electron chi connectivity index (χ4n) is 2.01. The summed E-state index contributed by atoms with van der Waals surface area (Å²) >= 11 is 0. The number of carbonyl (C=O) groups is 2. The molecule has 0 atom stereocenters. The van der Waals surface area contributed by atoms with Crippen LogP contribution in [0.3, 0.4) is 0 Å². The quantitative estimate of drug-likeness (QED) is 0.674. The Kier molecular flexibility index (Phi) is 4.46. The van der Waals surface area contributed by atoms with E-state index >= 15 is 0 Å². The van der Waals surface area contributed by atoms with E-state index in [-0.39, 0.29) is 5.56 Å². The van der Waals surface area contributed by atoms with Crippen molar-refractivity contribution >= 4 is 11.8 Å². The molecule has 0 unspecified atom stereocenters. The molecule has 0 spiro atoms. The van der Waals surface area contributed by atoms with E-state index in [1.54, 1.807) is 30.3 Å². The van der Waals surface area contributed by atoms with Gasteiger partial charge in [-0.3, -0.25) is 4.79 Å². The van der Waals surface area contributed by atoms with Crippen molar-refractivity contribution in [2.45, 2.75) is 6.42 Å². The summed E-state index contributed by atoms with van der Waals surface area (Å²) in [5.74, 6) is -4.37. The molecule has 3 nitrogen and oxygen atoms in total. The fraction of sp³-hybridized carbons (Fsp3) is 0.0588. The number of hydrogen-bond acceptors (Lipinski definition) is 2. The average Bonchev–Trinajstić information content (AvgIpc) is 2.48. The van der Waals surface area contributed by atoms with E-state index in [4.69, 9.17) is 5.11 Å². The van der Waals surface area contributed by atoms with Gasteiger partial charge in [0.1, 0.15) is 11.6 Å². The number of carboxylic acids is 1. The van der Waals surface area contributed by atoms with Crippen LogP contribution in [0.15, 0.2) is 54.6 Å². The fourth-order valence-corrected chi connectivity index (χ4v) is 2.01. The molecule has 5 heteroatoms. The van der Waals surface area contributed by atoms with E-state index in [2.05, 4.69) is 6.58 Å². The lowest BCUT2D eigenvalue weighted by molar-refractivity contribution is -0.132. The molecule has 0 bridgehead atoms. The molecule has 0 aromatic heterocycles. The largest absolute Gasteiger partial charge is 0.478 e. The lowest BCUT2D eigenvalue weighted by Crippen LogP contribution is -2.11. The third kappa shape index (κ3) is 3.09. The second-order valence-electron chi connectivity index (χ2n) is 4.66. The molecular weight excluding hydrogens is 290 g/mol. The molecule has 0 radical (unpaired) electrons. The molecule has 0 heterocycles. The Balaban J connectivity index is 2.46. The van der Waals surface area contributed by atoms with Gasteiger partial charge in [-0.05, 0) is 17.7 Å². The molecule has 0 aliphatic heterocycles. The van der Waals surface area contributed by atoms with Gasteiger partial charge in [0, 0.05) is 17.6 Å². The average molecular weight is 302 g/mol. The Morgan fingerprint density at radius 1 is 1.05 bits per heavy atom. The second kappa shape index (κ2) is 6.30. The van der Waals surface area contributed by atoms with Crippen LogP contribution in [0.4, 0.5) is 8.78 Å². The van der Waals surface area contributed by atoms with Crippen LogP contribution in [0.1, 0.15) is 16.8 Å². The number of halogens is 2. The van der Waals surface area contributed by atoms with Crippen molar-refractivity contribution in [2.75, 3.05) is 0 Å². The zero-order chi connectivity index (χ0) is 16.3. The molecule has 0 amide bonds. The molecule has 22 heavy (non-hydrogen) atoms. The summed E-state index contributed by atoms with van der Waals surface area (Å²) in [5, 5.41) is 8.71. The standard InChI is InChI=1S/C17H12F2O3/c1-10(17(21)22)9-14(20)15-13(18)8-7-12(16(15)19)11-5-3-2-4-6-11/h2-8H,1,9H2,(H,21,22). The van der Waals surface area contributed by atoms with Crippen LogP contribution in [0.2, 0.25) is 0 Å². The van der Waals surface area contributed by atoms with Crippen LogP contribution >= 0.6 is 0 Å². The van der Waals surface area contributed by atoms with Crippen LogP contribution in [0.25, 0.3) is 11.1 Å². The first-order chi connectivity index (χ1) is 10.4. The van der Waals surface area contributed by atoms with Crippen molar-refractivity contribution in [1.29, 1.82) is 0 Å². The Labute approximate surface area is 125 Å². The predicted molar refractivity (Wildman–Crippen MR) is 77.5 cm³/mol. The number of benzene rings is 2. The summed E-state index contributed by atoms with van der Waals surface area (Å²) in [6.45, 7) is 3.19. The maximum Gasteiger partial charge on any atom is 0.331 e. The van der Waals surface area contributed by atoms with Gasteiger partial charge in [0.2, 0.25) is 0 Å². The Morgan fingerprint density at radius 2 is 1.68 bits per heavy atom. The van der Waals surface area contributed by atoms with Gasteiger partial charge in [-0.1, -0.05) is 36.9 Å². The van der Waals surface area contributed by atoms with E-state index in [9.17, 15) is 18.4 Å². The Bertz CT molecular complexity index is 752.